The summed E-state index contributed by atoms with van der Waals surface area (Å²) < 4.78 is 0. The normalized spacial score (nSPS) is 27.4. The van der Waals surface area contributed by atoms with Gasteiger partial charge in [0.05, 0.1) is 0 Å². The van der Waals surface area contributed by atoms with E-state index in [1.165, 1.54) is 76.8 Å². The molecule has 0 bridgehead atoms. The van der Waals surface area contributed by atoms with E-state index in [2.05, 4.69) is 26.9 Å². The third kappa shape index (κ3) is 4.72. The standard InChI is InChI=1S/C23H37N3O/c27-18-21-17-26(13-9-22-8-4-5-12-24-22)19-23(21)10-14-25(15-11-23)16-20-6-2-1-3-7-20/h4-5,8,12,20-21,27H,1-3,6-7,9-11,13-19H2. The van der Waals surface area contributed by atoms with E-state index in [1.54, 1.807) is 0 Å². The van der Waals surface area contributed by atoms with Gasteiger partial charge in [-0.1, -0.05) is 25.3 Å². The summed E-state index contributed by atoms with van der Waals surface area (Å²) in [7, 11) is 0. The van der Waals surface area contributed by atoms with Crippen molar-refractivity contribution in [1.82, 2.24) is 14.8 Å². The lowest BCUT2D eigenvalue weighted by atomic mass is 9.71. The van der Waals surface area contributed by atoms with Crippen LogP contribution in [0.4, 0.5) is 0 Å². The van der Waals surface area contributed by atoms with Crippen molar-refractivity contribution in [2.45, 2.75) is 51.4 Å². The molecule has 3 aliphatic rings. The van der Waals surface area contributed by atoms with Crippen LogP contribution in [-0.2, 0) is 6.42 Å². The number of nitrogens with zero attached hydrogens (tertiary/aromatic N) is 3. The fraction of sp³-hybridized carbons (Fsp3) is 0.783. The number of pyridine rings is 1. The van der Waals surface area contributed by atoms with Crippen molar-refractivity contribution in [2.24, 2.45) is 17.3 Å². The fourth-order valence-corrected chi connectivity index (χ4v) is 5.87. The molecule has 150 valence electrons. The number of likely N-dealkylation sites (tertiary alicyclic amines) is 2. The van der Waals surface area contributed by atoms with E-state index < -0.39 is 0 Å². The lowest BCUT2D eigenvalue weighted by Gasteiger charge is -2.43. The first-order chi connectivity index (χ1) is 13.3. The van der Waals surface area contributed by atoms with Gasteiger partial charge in [0.1, 0.15) is 0 Å². The third-order valence-electron chi connectivity index (χ3n) is 7.61. The molecule has 1 N–H and O–H groups in total. The molecule has 2 saturated heterocycles. The summed E-state index contributed by atoms with van der Waals surface area (Å²) in [5.74, 6) is 1.40. The Kier molecular flexibility index (Phi) is 6.46. The molecule has 4 nitrogen and oxygen atoms in total. The molecule has 3 fully saturated rings. The lowest BCUT2D eigenvalue weighted by Crippen LogP contribution is -2.46. The van der Waals surface area contributed by atoms with Crippen molar-refractivity contribution in [1.29, 1.82) is 0 Å². The summed E-state index contributed by atoms with van der Waals surface area (Å²) in [6.07, 6.45) is 12.7. The van der Waals surface area contributed by atoms with Crippen molar-refractivity contribution in [3.63, 3.8) is 0 Å². The number of hydrogen-bond acceptors (Lipinski definition) is 4. The van der Waals surface area contributed by atoms with Crippen LogP contribution in [-0.4, -0.2) is 65.8 Å². The molecule has 4 rings (SSSR count). The summed E-state index contributed by atoms with van der Waals surface area (Å²) in [5.41, 5.74) is 1.53. The minimum Gasteiger partial charge on any atom is -0.396 e. The highest BCUT2D eigenvalue weighted by Crippen LogP contribution is 2.44. The van der Waals surface area contributed by atoms with Crippen molar-refractivity contribution in [3.05, 3.63) is 30.1 Å². The van der Waals surface area contributed by atoms with Crippen LogP contribution in [0.5, 0.6) is 0 Å². The van der Waals surface area contributed by atoms with Crippen LogP contribution in [0.25, 0.3) is 0 Å². The van der Waals surface area contributed by atoms with Crippen LogP contribution in [0.15, 0.2) is 24.4 Å². The Balaban J connectivity index is 1.28. The van der Waals surface area contributed by atoms with E-state index in [1.807, 2.05) is 12.3 Å². The molecular weight excluding hydrogens is 334 g/mol. The molecule has 1 atom stereocenters. The van der Waals surface area contributed by atoms with Crippen LogP contribution in [0.1, 0.15) is 50.6 Å². The molecule has 1 spiro atoms. The van der Waals surface area contributed by atoms with Crippen molar-refractivity contribution < 1.29 is 5.11 Å². The van der Waals surface area contributed by atoms with Crippen LogP contribution < -0.4 is 0 Å². The number of aromatic nitrogens is 1. The third-order valence-corrected chi connectivity index (χ3v) is 7.61. The number of hydrogen-bond donors (Lipinski definition) is 1. The van der Waals surface area contributed by atoms with Gasteiger partial charge in [0, 0.05) is 57.0 Å². The Morgan fingerprint density at radius 2 is 1.89 bits per heavy atom. The summed E-state index contributed by atoms with van der Waals surface area (Å²) in [6.45, 7) is 7.45. The minimum atomic E-state index is 0.349. The van der Waals surface area contributed by atoms with Crippen molar-refractivity contribution in [2.75, 3.05) is 45.9 Å². The molecule has 1 saturated carbocycles. The second-order valence-electron chi connectivity index (χ2n) is 9.35. The maximum absolute atomic E-state index is 10.1. The molecule has 1 aromatic rings. The highest BCUT2D eigenvalue weighted by molar-refractivity contribution is 5.05. The zero-order valence-electron chi connectivity index (χ0n) is 16.9. The molecule has 0 amide bonds. The van der Waals surface area contributed by atoms with Gasteiger partial charge >= 0.3 is 0 Å². The topological polar surface area (TPSA) is 39.6 Å². The first-order valence-corrected chi connectivity index (χ1v) is 11.2. The number of rotatable bonds is 6. The van der Waals surface area contributed by atoms with Gasteiger partial charge in [-0.2, -0.15) is 0 Å². The Morgan fingerprint density at radius 1 is 1.07 bits per heavy atom. The number of aliphatic hydroxyl groups excluding tert-OH is 1. The molecule has 3 heterocycles. The second kappa shape index (κ2) is 9.02. The first kappa shape index (κ1) is 19.4. The van der Waals surface area contributed by atoms with Gasteiger partial charge in [-0.3, -0.25) is 4.98 Å². The second-order valence-corrected chi connectivity index (χ2v) is 9.35. The summed E-state index contributed by atoms with van der Waals surface area (Å²) in [4.78, 5) is 9.78. The van der Waals surface area contributed by atoms with Crippen LogP contribution >= 0.6 is 0 Å². The molecule has 0 radical (unpaired) electrons. The van der Waals surface area contributed by atoms with Gasteiger partial charge in [-0.15, -0.1) is 0 Å². The highest BCUT2D eigenvalue weighted by atomic mass is 16.3. The summed E-state index contributed by atoms with van der Waals surface area (Å²) in [6, 6.07) is 6.18. The van der Waals surface area contributed by atoms with E-state index in [4.69, 9.17) is 0 Å². The summed E-state index contributed by atoms with van der Waals surface area (Å²) in [5, 5.41) is 10.1. The van der Waals surface area contributed by atoms with Crippen molar-refractivity contribution >= 4 is 0 Å². The quantitative estimate of drug-likeness (QED) is 0.833. The van der Waals surface area contributed by atoms with Crippen molar-refractivity contribution in [3.8, 4) is 0 Å². The molecule has 4 heteroatoms. The summed E-state index contributed by atoms with van der Waals surface area (Å²) >= 11 is 0. The predicted molar refractivity (Wildman–Crippen MR) is 110 cm³/mol. The van der Waals surface area contributed by atoms with Gasteiger partial charge in [0.2, 0.25) is 0 Å². The van der Waals surface area contributed by atoms with E-state index in [0.29, 0.717) is 17.9 Å². The zero-order chi connectivity index (χ0) is 18.5. The minimum absolute atomic E-state index is 0.349. The lowest BCUT2D eigenvalue weighted by molar-refractivity contribution is 0.0425. The molecule has 1 unspecified atom stereocenters. The molecule has 2 aliphatic heterocycles. The van der Waals surface area contributed by atoms with Gasteiger partial charge < -0.3 is 14.9 Å². The Morgan fingerprint density at radius 3 is 2.59 bits per heavy atom. The Bertz CT molecular complexity index is 564. The molecule has 1 aromatic heterocycles. The maximum Gasteiger partial charge on any atom is 0.0477 e. The predicted octanol–water partition coefficient (Wildman–Crippen LogP) is 3.21. The van der Waals surface area contributed by atoms with Crippen LogP contribution in [0.2, 0.25) is 0 Å². The van der Waals surface area contributed by atoms with Gasteiger partial charge in [-0.05, 0) is 62.2 Å². The maximum atomic E-state index is 10.1. The molecule has 27 heavy (non-hydrogen) atoms. The molecular formula is C23H37N3O. The smallest absolute Gasteiger partial charge is 0.0477 e. The largest absolute Gasteiger partial charge is 0.396 e. The van der Waals surface area contributed by atoms with E-state index >= 15 is 0 Å². The average molecular weight is 372 g/mol. The first-order valence-electron chi connectivity index (χ1n) is 11.2. The van der Waals surface area contributed by atoms with E-state index in [0.717, 1.165) is 25.4 Å². The van der Waals surface area contributed by atoms with Gasteiger partial charge in [0.15, 0.2) is 0 Å². The number of piperidine rings is 1. The molecule has 1 aliphatic carbocycles. The zero-order valence-corrected chi connectivity index (χ0v) is 16.9. The van der Waals surface area contributed by atoms with Gasteiger partial charge in [-0.25, -0.2) is 0 Å². The SMILES string of the molecule is OCC1CN(CCc2ccccn2)CC12CCN(CC1CCCCC1)CC2. The highest BCUT2D eigenvalue weighted by Gasteiger charge is 2.47. The van der Waals surface area contributed by atoms with Crippen LogP contribution in [0, 0.1) is 17.3 Å². The van der Waals surface area contributed by atoms with Gasteiger partial charge in [0.25, 0.3) is 0 Å². The Labute approximate surface area is 165 Å². The monoisotopic (exact) mass is 371 g/mol. The average Bonchev–Trinajstić information content (AvgIpc) is 3.07. The van der Waals surface area contributed by atoms with Crippen LogP contribution in [0.3, 0.4) is 0 Å². The Hall–Kier alpha value is -0.970. The van der Waals surface area contributed by atoms with E-state index in [9.17, 15) is 5.11 Å². The van der Waals surface area contributed by atoms with E-state index in [-0.39, 0.29) is 0 Å². The number of aliphatic hydroxyl groups is 1. The molecule has 0 aromatic carbocycles. The fourth-order valence-electron chi connectivity index (χ4n) is 5.87.